The molecule has 2 aliphatic carbocycles. The van der Waals surface area contributed by atoms with Crippen LogP contribution in [0.2, 0.25) is 0 Å². The molecular formula is C27H32N2O2. The molecule has 31 heavy (non-hydrogen) atoms. The fraction of sp³-hybridized carbons (Fsp3) is 0.481. The van der Waals surface area contributed by atoms with E-state index in [0.29, 0.717) is 12.3 Å². The van der Waals surface area contributed by atoms with Crippen molar-refractivity contribution in [2.45, 2.75) is 65.0 Å². The summed E-state index contributed by atoms with van der Waals surface area (Å²) >= 11 is 0. The molecule has 0 N–H and O–H groups in total. The number of hydrazone groups is 1. The van der Waals surface area contributed by atoms with Crippen LogP contribution in [0.15, 0.2) is 65.8 Å². The highest BCUT2D eigenvalue weighted by atomic mass is 16.5. The van der Waals surface area contributed by atoms with Crippen LogP contribution in [-0.2, 0) is 9.53 Å². The van der Waals surface area contributed by atoms with Crippen LogP contribution in [0.1, 0.15) is 58.4 Å². The summed E-state index contributed by atoms with van der Waals surface area (Å²) in [6.45, 7) is 7.02. The maximum atomic E-state index is 13.5. The standard InChI is InChI=1S/C27H32N2O2/c1-26(2)20-16-17-27(26,3)24(18-20)31-25(30)23-15-14-22(19-10-6-4-7-11-19)28-29(23)21-12-8-5-9-13-21/h4-13,20,23-24H,14-18H2,1-3H3/t20-,23?,24-,27+/m0/s1. The molecule has 2 bridgehead atoms. The third-order valence-electron chi connectivity index (χ3n) is 8.55. The first-order valence-electron chi connectivity index (χ1n) is 11.6. The SMILES string of the molecule is CC1(C)[C@H]2CC[C@]1(C)[C@@H](OC(=O)C1CCC(c3ccccc3)=NN1c1ccccc1)C2. The predicted octanol–water partition coefficient (Wildman–Crippen LogP) is 5.82. The normalized spacial score (nSPS) is 31.4. The number of esters is 1. The zero-order valence-corrected chi connectivity index (χ0v) is 18.8. The zero-order valence-electron chi connectivity index (χ0n) is 18.8. The molecule has 2 aromatic rings. The zero-order chi connectivity index (χ0) is 21.6. The second-order valence-corrected chi connectivity index (χ2v) is 10.2. The van der Waals surface area contributed by atoms with E-state index in [1.165, 1.54) is 6.42 Å². The Kier molecular flexibility index (Phi) is 4.91. The molecule has 1 unspecified atom stereocenters. The molecule has 1 aliphatic heterocycles. The molecule has 2 saturated carbocycles. The molecule has 0 saturated heterocycles. The maximum Gasteiger partial charge on any atom is 0.331 e. The Bertz CT molecular complexity index is 985. The van der Waals surface area contributed by atoms with Gasteiger partial charge in [0.1, 0.15) is 6.10 Å². The van der Waals surface area contributed by atoms with Gasteiger partial charge in [-0.1, -0.05) is 69.3 Å². The third-order valence-corrected chi connectivity index (χ3v) is 8.55. The van der Waals surface area contributed by atoms with Crippen molar-refractivity contribution >= 4 is 17.4 Å². The number of hydrogen-bond donors (Lipinski definition) is 0. The van der Waals surface area contributed by atoms with Crippen LogP contribution < -0.4 is 5.01 Å². The van der Waals surface area contributed by atoms with Gasteiger partial charge in [-0.05, 0) is 61.1 Å². The molecule has 162 valence electrons. The quantitative estimate of drug-likeness (QED) is 0.590. The van der Waals surface area contributed by atoms with Gasteiger partial charge in [0.25, 0.3) is 0 Å². The summed E-state index contributed by atoms with van der Waals surface area (Å²) < 4.78 is 6.27. The van der Waals surface area contributed by atoms with Crippen molar-refractivity contribution in [3.63, 3.8) is 0 Å². The molecule has 0 aromatic heterocycles. The van der Waals surface area contributed by atoms with E-state index in [-0.39, 0.29) is 28.9 Å². The summed E-state index contributed by atoms with van der Waals surface area (Å²) in [4.78, 5) is 13.5. The Labute approximate surface area is 185 Å². The van der Waals surface area contributed by atoms with E-state index >= 15 is 0 Å². The Hall–Kier alpha value is -2.62. The lowest BCUT2D eigenvalue weighted by atomic mass is 9.70. The largest absolute Gasteiger partial charge is 0.460 e. The number of rotatable bonds is 4. The number of para-hydroxylation sites is 1. The van der Waals surface area contributed by atoms with E-state index in [4.69, 9.17) is 9.84 Å². The summed E-state index contributed by atoms with van der Waals surface area (Å²) in [6, 6.07) is 19.8. The monoisotopic (exact) mass is 416 g/mol. The van der Waals surface area contributed by atoms with Crippen LogP contribution in [0, 0.1) is 16.7 Å². The number of ether oxygens (including phenoxy) is 1. The van der Waals surface area contributed by atoms with Crippen LogP contribution >= 0.6 is 0 Å². The minimum absolute atomic E-state index is 0.00544. The number of anilines is 1. The molecule has 0 radical (unpaired) electrons. The molecule has 0 spiro atoms. The molecule has 2 aromatic carbocycles. The summed E-state index contributed by atoms with van der Waals surface area (Å²) in [7, 11) is 0. The molecule has 2 fully saturated rings. The maximum absolute atomic E-state index is 13.5. The Morgan fingerprint density at radius 1 is 1.00 bits per heavy atom. The van der Waals surface area contributed by atoms with Gasteiger partial charge in [0.15, 0.2) is 6.04 Å². The molecule has 4 nitrogen and oxygen atoms in total. The summed E-state index contributed by atoms with van der Waals surface area (Å²) in [5.41, 5.74) is 3.34. The fourth-order valence-electron chi connectivity index (χ4n) is 6.04. The first kappa shape index (κ1) is 20.3. The van der Waals surface area contributed by atoms with Gasteiger partial charge in [0.2, 0.25) is 0 Å². The summed E-state index contributed by atoms with van der Waals surface area (Å²) in [5, 5.41) is 6.83. The minimum atomic E-state index is -0.388. The summed E-state index contributed by atoms with van der Waals surface area (Å²) in [6.07, 6.45) is 4.87. The fourth-order valence-corrected chi connectivity index (χ4v) is 6.04. The molecule has 5 rings (SSSR count). The van der Waals surface area contributed by atoms with Crippen molar-refractivity contribution in [3.8, 4) is 0 Å². The lowest BCUT2D eigenvalue weighted by molar-refractivity contribution is -0.158. The highest BCUT2D eigenvalue weighted by molar-refractivity contribution is 6.02. The predicted molar refractivity (Wildman–Crippen MR) is 124 cm³/mol. The average molecular weight is 417 g/mol. The molecule has 0 amide bonds. The van der Waals surface area contributed by atoms with Gasteiger partial charge in [0.05, 0.1) is 11.4 Å². The topological polar surface area (TPSA) is 41.9 Å². The first-order chi connectivity index (χ1) is 14.9. The highest BCUT2D eigenvalue weighted by Gasteiger charge is 2.63. The van der Waals surface area contributed by atoms with Gasteiger partial charge in [-0.25, -0.2) is 4.79 Å². The number of benzene rings is 2. The van der Waals surface area contributed by atoms with E-state index in [1.54, 1.807) is 0 Å². The van der Waals surface area contributed by atoms with Gasteiger partial charge in [0, 0.05) is 5.41 Å². The number of carbonyl (C=O) groups excluding carboxylic acids is 1. The molecular weight excluding hydrogens is 384 g/mol. The van der Waals surface area contributed by atoms with Crippen LogP contribution in [-0.4, -0.2) is 23.8 Å². The van der Waals surface area contributed by atoms with Crippen LogP contribution in [0.25, 0.3) is 0 Å². The van der Waals surface area contributed by atoms with Crippen LogP contribution in [0.4, 0.5) is 5.69 Å². The van der Waals surface area contributed by atoms with Gasteiger partial charge in [-0.15, -0.1) is 0 Å². The lowest BCUT2D eigenvalue weighted by Gasteiger charge is -2.40. The molecule has 4 heteroatoms. The van der Waals surface area contributed by atoms with Gasteiger partial charge in [-0.3, -0.25) is 5.01 Å². The van der Waals surface area contributed by atoms with Crippen molar-refractivity contribution in [2.75, 3.05) is 5.01 Å². The number of fused-ring (bicyclic) bond motifs is 2. The Balaban J connectivity index is 1.42. The van der Waals surface area contributed by atoms with Crippen LogP contribution in [0.3, 0.4) is 0 Å². The van der Waals surface area contributed by atoms with Crippen molar-refractivity contribution in [3.05, 3.63) is 66.2 Å². The van der Waals surface area contributed by atoms with E-state index < -0.39 is 0 Å². The van der Waals surface area contributed by atoms with E-state index in [1.807, 2.05) is 53.5 Å². The number of nitrogens with zero attached hydrogens (tertiary/aromatic N) is 2. The number of carbonyl (C=O) groups is 1. The lowest BCUT2D eigenvalue weighted by Crippen LogP contribution is -2.46. The highest BCUT2D eigenvalue weighted by Crippen LogP contribution is 2.66. The third kappa shape index (κ3) is 3.28. The Morgan fingerprint density at radius 3 is 2.29 bits per heavy atom. The van der Waals surface area contributed by atoms with Crippen molar-refractivity contribution in [1.82, 2.24) is 0 Å². The van der Waals surface area contributed by atoms with Crippen molar-refractivity contribution < 1.29 is 9.53 Å². The van der Waals surface area contributed by atoms with Gasteiger partial charge < -0.3 is 4.74 Å². The molecule has 1 heterocycles. The number of hydrogen-bond acceptors (Lipinski definition) is 4. The second-order valence-electron chi connectivity index (χ2n) is 10.2. The Morgan fingerprint density at radius 2 is 1.68 bits per heavy atom. The minimum Gasteiger partial charge on any atom is -0.460 e. The van der Waals surface area contributed by atoms with Crippen molar-refractivity contribution in [2.24, 2.45) is 21.8 Å². The van der Waals surface area contributed by atoms with Crippen LogP contribution in [0.5, 0.6) is 0 Å². The van der Waals surface area contributed by atoms with E-state index in [0.717, 1.165) is 36.2 Å². The smallest absolute Gasteiger partial charge is 0.331 e. The van der Waals surface area contributed by atoms with Gasteiger partial charge >= 0.3 is 5.97 Å². The van der Waals surface area contributed by atoms with Crippen molar-refractivity contribution in [1.29, 1.82) is 0 Å². The molecule has 4 atom stereocenters. The first-order valence-corrected chi connectivity index (χ1v) is 11.6. The van der Waals surface area contributed by atoms with E-state index in [2.05, 4.69) is 32.9 Å². The van der Waals surface area contributed by atoms with E-state index in [9.17, 15) is 4.79 Å². The summed E-state index contributed by atoms with van der Waals surface area (Å²) in [5.74, 6) is 0.517. The molecule has 3 aliphatic rings. The average Bonchev–Trinajstić information content (AvgIpc) is 3.13. The van der Waals surface area contributed by atoms with Gasteiger partial charge in [-0.2, -0.15) is 5.10 Å². The second kappa shape index (κ2) is 7.51.